The fourth-order valence-corrected chi connectivity index (χ4v) is 1.55. The summed E-state index contributed by atoms with van der Waals surface area (Å²) in [6, 6.07) is 2.15. The van der Waals surface area contributed by atoms with E-state index in [1.54, 1.807) is 11.3 Å². The topological polar surface area (TPSA) is 12.0 Å². The van der Waals surface area contributed by atoms with Crippen LogP contribution in [0.25, 0.3) is 0 Å². The normalized spacial score (nSPS) is 9.83. The first-order valence-electron chi connectivity index (χ1n) is 4.14. The molecule has 1 N–H and O–H groups in total. The summed E-state index contributed by atoms with van der Waals surface area (Å²) in [5.41, 5.74) is 2.75. The van der Waals surface area contributed by atoms with E-state index in [0.717, 1.165) is 13.1 Å². The monoisotopic (exact) mass is 181 g/mol. The zero-order chi connectivity index (χ0) is 8.81. The van der Waals surface area contributed by atoms with Gasteiger partial charge in [0.1, 0.15) is 0 Å². The maximum absolute atomic E-state index is 3.35. The molecule has 0 radical (unpaired) electrons. The molecule has 0 aliphatic carbocycles. The Balaban J connectivity index is 2.16. The number of allylic oxidation sites excluding steroid dienone is 1. The van der Waals surface area contributed by atoms with Gasteiger partial charge in [-0.05, 0) is 36.2 Å². The number of thiophene rings is 1. The molecule has 1 nitrogen and oxygen atoms in total. The quantitative estimate of drug-likeness (QED) is 0.556. The van der Waals surface area contributed by atoms with Gasteiger partial charge in [0.05, 0.1) is 0 Å². The molecule has 0 fully saturated rings. The summed E-state index contributed by atoms with van der Waals surface area (Å²) >= 11 is 1.75. The molecule has 0 amide bonds. The van der Waals surface area contributed by atoms with E-state index in [1.807, 2.05) is 0 Å². The van der Waals surface area contributed by atoms with Crippen LogP contribution >= 0.6 is 11.3 Å². The van der Waals surface area contributed by atoms with Gasteiger partial charge in [-0.15, -0.1) is 0 Å². The Bertz CT molecular complexity index is 232. The van der Waals surface area contributed by atoms with E-state index in [4.69, 9.17) is 0 Å². The molecule has 1 aromatic rings. The SMILES string of the molecule is CC(C)=CCNCc1ccsc1. The van der Waals surface area contributed by atoms with E-state index in [2.05, 4.69) is 42.1 Å². The van der Waals surface area contributed by atoms with Crippen molar-refractivity contribution in [3.63, 3.8) is 0 Å². The van der Waals surface area contributed by atoms with Gasteiger partial charge in [0.15, 0.2) is 0 Å². The minimum atomic E-state index is 0.970. The van der Waals surface area contributed by atoms with Gasteiger partial charge in [-0.25, -0.2) is 0 Å². The molecular weight excluding hydrogens is 166 g/mol. The van der Waals surface area contributed by atoms with Crippen LogP contribution in [0.15, 0.2) is 28.5 Å². The molecule has 0 atom stereocenters. The van der Waals surface area contributed by atoms with Gasteiger partial charge < -0.3 is 5.32 Å². The first kappa shape index (κ1) is 9.49. The van der Waals surface area contributed by atoms with Gasteiger partial charge in [-0.3, -0.25) is 0 Å². The van der Waals surface area contributed by atoms with E-state index in [1.165, 1.54) is 11.1 Å². The Labute approximate surface area is 78.1 Å². The van der Waals surface area contributed by atoms with Crippen LogP contribution in [0, 0.1) is 0 Å². The smallest absolute Gasteiger partial charge is 0.0216 e. The summed E-state index contributed by atoms with van der Waals surface area (Å²) in [5.74, 6) is 0. The standard InChI is InChI=1S/C10H15NS/c1-9(2)3-5-11-7-10-4-6-12-8-10/h3-4,6,8,11H,5,7H2,1-2H3. The summed E-state index contributed by atoms with van der Waals surface area (Å²) in [4.78, 5) is 0. The summed E-state index contributed by atoms with van der Waals surface area (Å²) in [5, 5.41) is 7.63. The van der Waals surface area contributed by atoms with Crippen LogP contribution in [0.3, 0.4) is 0 Å². The van der Waals surface area contributed by atoms with Crippen molar-refractivity contribution in [2.75, 3.05) is 6.54 Å². The lowest BCUT2D eigenvalue weighted by atomic mass is 10.3. The van der Waals surface area contributed by atoms with Crippen LogP contribution in [0.4, 0.5) is 0 Å². The highest BCUT2D eigenvalue weighted by Crippen LogP contribution is 2.04. The number of nitrogens with one attached hydrogen (secondary N) is 1. The Morgan fingerprint density at radius 3 is 3.00 bits per heavy atom. The van der Waals surface area contributed by atoms with Crippen LogP contribution in [-0.2, 0) is 6.54 Å². The molecule has 1 heterocycles. The van der Waals surface area contributed by atoms with Gasteiger partial charge in [-0.1, -0.05) is 11.6 Å². The minimum Gasteiger partial charge on any atom is -0.309 e. The summed E-state index contributed by atoms with van der Waals surface area (Å²) in [6.07, 6.45) is 2.20. The largest absolute Gasteiger partial charge is 0.309 e. The molecular formula is C10H15NS. The number of rotatable bonds is 4. The Morgan fingerprint density at radius 2 is 2.42 bits per heavy atom. The molecule has 1 rings (SSSR count). The lowest BCUT2D eigenvalue weighted by Crippen LogP contribution is -2.12. The highest BCUT2D eigenvalue weighted by molar-refractivity contribution is 7.07. The van der Waals surface area contributed by atoms with Crippen molar-refractivity contribution >= 4 is 11.3 Å². The van der Waals surface area contributed by atoms with Gasteiger partial charge in [0, 0.05) is 13.1 Å². The van der Waals surface area contributed by atoms with Gasteiger partial charge in [0.25, 0.3) is 0 Å². The minimum absolute atomic E-state index is 0.970. The average Bonchev–Trinajstić information content (AvgIpc) is 2.49. The molecule has 0 saturated carbocycles. The van der Waals surface area contributed by atoms with Crippen molar-refractivity contribution in [2.24, 2.45) is 0 Å². The predicted octanol–water partition coefficient (Wildman–Crippen LogP) is 2.80. The van der Waals surface area contributed by atoms with Crippen molar-refractivity contribution in [2.45, 2.75) is 20.4 Å². The number of hydrogen-bond donors (Lipinski definition) is 1. The molecule has 0 unspecified atom stereocenters. The van der Waals surface area contributed by atoms with Crippen LogP contribution in [0.2, 0.25) is 0 Å². The number of hydrogen-bond acceptors (Lipinski definition) is 2. The third kappa shape index (κ3) is 3.69. The highest BCUT2D eigenvalue weighted by Gasteiger charge is 1.89. The Hall–Kier alpha value is -0.600. The molecule has 0 saturated heterocycles. The predicted molar refractivity (Wildman–Crippen MR) is 55.5 cm³/mol. The maximum Gasteiger partial charge on any atom is 0.0216 e. The highest BCUT2D eigenvalue weighted by atomic mass is 32.1. The Morgan fingerprint density at radius 1 is 1.58 bits per heavy atom. The van der Waals surface area contributed by atoms with Crippen LogP contribution in [-0.4, -0.2) is 6.54 Å². The maximum atomic E-state index is 3.35. The average molecular weight is 181 g/mol. The second-order valence-corrected chi connectivity index (χ2v) is 3.82. The second-order valence-electron chi connectivity index (χ2n) is 3.04. The fourth-order valence-electron chi connectivity index (χ4n) is 0.886. The third-order valence-corrected chi connectivity index (χ3v) is 2.30. The molecule has 12 heavy (non-hydrogen) atoms. The van der Waals surface area contributed by atoms with Crippen LogP contribution in [0.1, 0.15) is 19.4 Å². The van der Waals surface area contributed by atoms with Crippen molar-refractivity contribution < 1.29 is 0 Å². The summed E-state index contributed by atoms with van der Waals surface area (Å²) < 4.78 is 0. The van der Waals surface area contributed by atoms with E-state index in [-0.39, 0.29) is 0 Å². The van der Waals surface area contributed by atoms with Crippen molar-refractivity contribution in [3.05, 3.63) is 34.0 Å². The first-order chi connectivity index (χ1) is 5.79. The molecule has 0 aliphatic rings. The van der Waals surface area contributed by atoms with E-state index < -0.39 is 0 Å². The lowest BCUT2D eigenvalue weighted by molar-refractivity contribution is 0.759. The van der Waals surface area contributed by atoms with E-state index in [0.29, 0.717) is 0 Å². The fraction of sp³-hybridized carbons (Fsp3) is 0.400. The molecule has 1 aromatic heterocycles. The molecule has 2 heteroatoms. The Kier molecular flexibility index (Phi) is 4.05. The zero-order valence-electron chi connectivity index (χ0n) is 7.63. The van der Waals surface area contributed by atoms with E-state index in [9.17, 15) is 0 Å². The van der Waals surface area contributed by atoms with Crippen molar-refractivity contribution in [1.82, 2.24) is 5.32 Å². The second kappa shape index (κ2) is 5.12. The zero-order valence-corrected chi connectivity index (χ0v) is 8.45. The van der Waals surface area contributed by atoms with Crippen LogP contribution < -0.4 is 5.32 Å². The molecule has 0 spiro atoms. The molecule has 66 valence electrons. The molecule has 0 bridgehead atoms. The van der Waals surface area contributed by atoms with Gasteiger partial charge in [0.2, 0.25) is 0 Å². The molecule has 0 aliphatic heterocycles. The van der Waals surface area contributed by atoms with Crippen molar-refractivity contribution in [3.8, 4) is 0 Å². The summed E-state index contributed by atoms with van der Waals surface area (Å²) in [6.45, 7) is 6.18. The van der Waals surface area contributed by atoms with E-state index >= 15 is 0 Å². The first-order valence-corrected chi connectivity index (χ1v) is 5.08. The van der Waals surface area contributed by atoms with Gasteiger partial charge in [-0.2, -0.15) is 11.3 Å². The van der Waals surface area contributed by atoms with Crippen molar-refractivity contribution in [1.29, 1.82) is 0 Å². The molecule has 0 aromatic carbocycles. The summed E-state index contributed by atoms with van der Waals surface area (Å²) in [7, 11) is 0. The van der Waals surface area contributed by atoms with Crippen LogP contribution in [0.5, 0.6) is 0 Å². The third-order valence-electron chi connectivity index (χ3n) is 1.56. The lowest BCUT2D eigenvalue weighted by Gasteiger charge is -1.98. The van der Waals surface area contributed by atoms with Gasteiger partial charge >= 0.3 is 0 Å².